The van der Waals surface area contributed by atoms with E-state index in [2.05, 4.69) is 15.3 Å². The Hall–Kier alpha value is -1.93. The normalized spacial score (nSPS) is 11.2. The molecule has 6 N–H and O–H groups in total. The molecule has 0 aliphatic heterocycles. The number of aliphatic carboxylic acids is 2. The first-order chi connectivity index (χ1) is 8.51. The molecule has 0 saturated carbocycles. The third kappa shape index (κ3) is 7.36. The predicted molar refractivity (Wildman–Crippen MR) is 64.1 cm³/mol. The first-order valence-electron chi connectivity index (χ1n) is 5.30. The largest absolute Gasteiger partial charge is 0.481 e. The fourth-order valence-corrected chi connectivity index (χ4v) is 1.05. The summed E-state index contributed by atoms with van der Waals surface area (Å²) in [5, 5.41) is 19.2. The van der Waals surface area contributed by atoms with Crippen LogP contribution in [0.15, 0.2) is 12.5 Å². The molecule has 1 aromatic heterocycles. The molecule has 18 heavy (non-hydrogen) atoms. The molecule has 1 rings (SSSR count). The lowest BCUT2D eigenvalue weighted by Crippen LogP contribution is -2.35. The molecule has 8 heteroatoms. The smallest absolute Gasteiger partial charge is 0.321 e. The molecule has 0 amide bonds. The first kappa shape index (κ1) is 16.1. The minimum absolute atomic E-state index is 0.0694. The summed E-state index contributed by atoms with van der Waals surface area (Å²) < 4.78 is 0. The number of hydrogen-bond donors (Lipinski definition) is 5. The molecule has 0 aromatic carbocycles. The van der Waals surface area contributed by atoms with Crippen molar-refractivity contribution in [2.45, 2.75) is 18.9 Å². The van der Waals surface area contributed by atoms with Gasteiger partial charge in [0.15, 0.2) is 0 Å². The van der Waals surface area contributed by atoms with E-state index in [4.69, 9.17) is 15.9 Å². The fraction of sp³-hybridized carbons (Fsp3) is 0.500. The second-order valence-corrected chi connectivity index (χ2v) is 3.39. The van der Waals surface area contributed by atoms with Crippen molar-refractivity contribution in [1.82, 2.24) is 15.3 Å². The topological polar surface area (TPSA) is 141 Å². The molecule has 8 nitrogen and oxygen atoms in total. The number of hydrogen-bond acceptors (Lipinski definition) is 5. The molecule has 1 aromatic rings. The zero-order valence-electron chi connectivity index (χ0n) is 10.1. The van der Waals surface area contributed by atoms with Crippen molar-refractivity contribution < 1.29 is 19.8 Å². The zero-order chi connectivity index (χ0) is 14.0. The number of carboxylic acid groups (broad SMARTS) is 2. The summed E-state index contributed by atoms with van der Waals surface area (Å²) >= 11 is 0. The standard InChI is InChI=1S/C7H11N3O2.C3H7NO2/c1-8-6(7(11)12)2-5-3-9-4-10-5;4-2-1-3(5)6/h3-4,6,8H,2H2,1H3,(H,9,10)(H,11,12);1-2,4H2,(H,5,6). The van der Waals surface area contributed by atoms with Gasteiger partial charge in [0, 0.05) is 24.9 Å². The molecule has 0 aliphatic carbocycles. The van der Waals surface area contributed by atoms with Gasteiger partial charge in [0.05, 0.1) is 12.7 Å². The highest BCUT2D eigenvalue weighted by molar-refractivity contribution is 5.73. The lowest BCUT2D eigenvalue weighted by Gasteiger charge is -2.08. The number of imidazole rings is 1. The third-order valence-electron chi connectivity index (χ3n) is 1.98. The second-order valence-electron chi connectivity index (χ2n) is 3.39. The highest BCUT2D eigenvalue weighted by Gasteiger charge is 2.15. The van der Waals surface area contributed by atoms with Gasteiger partial charge in [-0.1, -0.05) is 0 Å². The fourth-order valence-electron chi connectivity index (χ4n) is 1.05. The Morgan fingerprint density at radius 1 is 1.56 bits per heavy atom. The van der Waals surface area contributed by atoms with Gasteiger partial charge in [-0.3, -0.25) is 9.59 Å². The van der Waals surface area contributed by atoms with Crippen LogP contribution in [0.5, 0.6) is 0 Å². The van der Waals surface area contributed by atoms with E-state index in [1.54, 1.807) is 13.2 Å². The Balaban J connectivity index is 0.000000411. The Bertz CT molecular complexity index is 353. The minimum atomic E-state index is -0.855. The maximum Gasteiger partial charge on any atom is 0.321 e. The van der Waals surface area contributed by atoms with Gasteiger partial charge >= 0.3 is 11.9 Å². The number of nitrogens with zero attached hydrogens (tertiary/aromatic N) is 1. The summed E-state index contributed by atoms with van der Waals surface area (Å²) in [7, 11) is 1.62. The van der Waals surface area contributed by atoms with E-state index < -0.39 is 18.0 Å². The molecule has 102 valence electrons. The number of aromatic amines is 1. The Morgan fingerprint density at radius 2 is 2.22 bits per heavy atom. The number of aromatic nitrogens is 2. The van der Waals surface area contributed by atoms with E-state index in [-0.39, 0.29) is 13.0 Å². The summed E-state index contributed by atoms with van der Waals surface area (Å²) in [6.07, 6.45) is 3.64. The number of likely N-dealkylation sites (N-methyl/N-ethyl adjacent to an activating group) is 1. The van der Waals surface area contributed by atoms with Crippen LogP contribution in [0.4, 0.5) is 0 Å². The zero-order valence-corrected chi connectivity index (χ0v) is 10.1. The Morgan fingerprint density at radius 3 is 2.50 bits per heavy atom. The Labute approximate surface area is 104 Å². The van der Waals surface area contributed by atoms with Crippen molar-refractivity contribution in [3.63, 3.8) is 0 Å². The van der Waals surface area contributed by atoms with Crippen molar-refractivity contribution in [3.05, 3.63) is 18.2 Å². The number of H-pyrrole nitrogens is 1. The lowest BCUT2D eigenvalue weighted by atomic mass is 10.2. The van der Waals surface area contributed by atoms with Gasteiger partial charge in [0.1, 0.15) is 6.04 Å². The maximum absolute atomic E-state index is 10.6. The summed E-state index contributed by atoms with van der Waals surface area (Å²) in [6.45, 7) is 0.231. The van der Waals surface area contributed by atoms with Gasteiger partial charge in [0.2, 0.25) is 0 Å². The molecule has 0 fully saturated rings. The van der Waals surface area contributed by atoms with E-state index in [9.17, 15) is 9.59 Å². The van der Waals surface area contributed by atoms with Crippen LogP contribution in [0.2, 0.25) is 0 Å². The van der Waals surface area contributed by atoms with Crippen molar-refractivity contribution >= 4 is 11.9 Å². The molecule has 0 saturated heterocycles. The van der Waals surface area contributed by atoms with E-state index in [1.807, 2.05) is 0 Å². The maximum atomic E-state index is 10.6. The van der Waals surface area contributed by atoms with Gasteiger partial charge in [-0.25, -0.2) is 4.98 Å². The van der Waals surface area contributed by atoms with Crippen LogP contribution in [-0.4, -0.2) is 51.8 Å². The number of carboxylic acids is 2. The first-order valence-corrected chi connectivity index (χ1v) is 5.30. The van der Waals surface area contributed by atoms with Crippen LogP contribution in [0.25, 0.3) is 0 Å². The molecule has 1 atom stereocenters. The number of rotatable bonds is 6. The molecule has 0 aliphatic rings. The van der Waals surface area contributed by atoms with Crippen molar-refractivity contribution in [3.8, 4) is 0 Å². The SMILES string of the molecule is CNC(Cc1cnc[nH]1)C(=O)O.NCCC(=O)O. The molecular weight excluding hydrogens is 240 g/mol. The molecule has 0 spiro atoms. The second kappa shape index (κ2) is 9.14. The third-order valence-corrected chi connectivity index (χ3v) is 1.98. The van der Waals surface area contributed by atoms with Crippen LogP contribution >= 0.6 is 0 Å². The molecular formula is C10H18N4O4. The molecule has 1 heterocycles. The highest BCUT2D eigenvalue weighted by atomic mass is 16.4. The number of nitrogens with two attached hydrogens (primary N) is 1. The average Bonchev–Trinajstić information content (AvgIpc) is 2.78. The van der Waals surface area contributed by atoms with Gasteiger partial charge in [-0.15, -0.1) is 0 Å². The van der Waals surface area contributed by atoms with Crippen LogP contribution in [0, 0.1) is 0 Å². The van der Waals surface area contributed by atoms with Crippen molar-refractivity contribution in [2.75, 3.05) is 13.6 Å². The predicted octanol–water partition coefficient (Wildman–Crippen LogP) is -0.955. The van der Waals surface area contributed by atoms with Gasteiger partial charge in [-0.05, 0) is 7.05 Å². The molecule has 0 bridgehead atoms. The molecule has 1 unspecified atom stereocenters. The highest BCUT2D eigenvalue weighted by Crippen LogP contribution is 1.97. The molecule has 0 radical (unpaired) electrons. The Kier molecular flexibility index (Phi) is 8.16. The average molecular weight is 258 g/mol. The van der Waals surface area contributed by atoms with Crippen LogP contribution in [0.1, 0.15) is 12.1 Å². The lowest BCUT2D eigenvalue weighted by molar-refractivity contribution is -0.139. The van der Waals surface area contributed by atoms with Gasteiger partial charge in [0.25, 0.3) is 0 Å². The summed E-state index contributed by atoms with van der Waals surface area (Å²) in [5.41, 5.74) is 5.67. The van der Waals surface area contributed by atoms with Crippen molar-refractivity contribution in [2.24, 2.45) is 5.73 Å². The van der Waals surface area contributed by atoms with Gasteiger partial charge < -0.3 is 26.2 Å². The monoisotopic (exact) mass is 258 g/mol. The number of nitrogens with one attached hydrogen (secondary N) is 2. The van der Waals surface area contributed by atoms with E-state index >= 15 is 0 Å². The van der Waals surface area contributed by atoms with E-state index in [1.165, 1.54) is 6.33 Å². The summed E-state index contributed by atoms with van der Waals surface area (Å²) in [5.74, 6) is -1.69. The number of carbonyl (C=O) groups is 2. The van der Waals surface area contributed by atoms with Gasteiger partial charge in [-0.2, -0.15) is 0 Å². The summed E-state index contributed by atoms with van der Waals surface area (Å²) in [6, 6.07) is -0.551. The van der Waals surface area contributed by atoms with Crippen LogP contribution in [-0.2, 0) is 16.0 Å². The van der Waals surface area contributed by atoms with E-state index in [0.717, 1.165) is 5.69 Å². The van der Waals surface area contributed by atoms with Crippen LogP contribution < -0.4 is 11.1 Å². The van der Waals surface area contributed by atoms with E-state index in [0.29, 0.717) is 6.42 Å². The quantitative estimate of drug-likeness (QED) is 0.442. The van der Waals surface area contributed by atoms with Crippen LogP contribution in [0.3, 0.4) is 0 Å². The minimum Gasteiger partial charge on any atom is -0.481 e. The summed E-state index contributed by atoms with van der Waals surface area (Å²) in [4.78, 5) is 26.7. The van der Waals surface area contributed by atoms with Crippen molar-refractivity contribution in [1.29, 1.82) is 0 Å².